The van der Waals surface area contributed by atoms with Crippen LogP contribution in [0.15, 0.2) is 28.7 Å². The molecular formula is C9H7ClN2O2S. The van der Waals surface area contributed by atoms with Crippen molar-refractivity contribution in [2.24, 2.45) is 0 Å². The minimum absolute atomic E-state index is 0.141. The number of aliphatic hydroxyl groups excluding tert-OH is 1. The van der Waals surface area contributed by atoms with Gasteiger partial charge in [-0.25, -0.2) is 0 Å². The molecule has 1 aromatic heterocycles. The van der Waals surface area contributed by atoms with Crippen molar-refractivity contribution in [3.8, 4) is 11.5 Å². The Bertz CT molecular complexity index is 518. The second-order valence-corrected chi connectivity index (χ2v) is 3.61. The first kappa shape index (κ1) is 10.4. The summed E-state index contributed by atoms with van der Waals surface area (Å²) in [5, 5.41) is 13.5. The molecule has 0 saturated heterocycles. The molecule has 0 radical (unpaired) electrons. The van der Waals surface area contributed by atoms with Crippen LogP contribution in [-0.4, -0.2) is 14.9 Å². The van der Waals surface area contributed by atoms with Gasteiger partial charge in [0.05, 0.1) is 0 Å². The van der Waals surface area contributed by atoms with E-state index in [2.05, 4.69) is 5.10 Å². The van der Waals surface area contributed by atoms with E-state index in [9.17, 15) is 0 Å². The number of hydrogen-bond acceptors (Lipinski definition) is 4. The molecule has 6 heteroatoms. The highest BCUT2D eigenvalue weighted by Crippen LogP contribution is 2.19. The molecule has 1 N–H and O–H groups in total. The van der Waals surface area contributed by atoms with Crippen LogP contribution in [0.2, 0.25) is 5.02 Å². The van der Waals surface area contributed by atoms with Crippen molar-refractivity contribution in [3.63, 3.8) is 0 Å². The fourth-order valence-corrected chi connectivity index (χ4v) is 1.41. The van der Waals surface area contributed by atoms with E-state index in [1.54, 1.807) is 24.3 Å². The molecule has 0 fully saturated rings. The van der Waals surface area contributed by atoms with Crippen LogP contribution in [0.1, 0.15) is 0 Å². The smallest absolute Gasteiger partial charge is 0.289 e. The third-order valence-electron chi connectivity index (χ3n) is 1.83. The highest BCUT2D eigenvalue weighted by atomic mass is 35.5. The van der Waals surface area contributed by atoms with Crippen molar-refractivity contribution in [3.05, 3.63) is 34.1 Å². The summed E-state index contributed by atoms with van der Waals surface area (Å²) in [5.41, 5.74) is 0.762. The van der Waals surface area contributed by atoms with Gasteiger partial charge in [0.25, 0.3) is 4.84 Å². The van der Waals surface area contributed by atoms with Crippen LogP contribution in [0.5, 0.6) is 0 Å². The number of aromatic nitrogens is 2. The van der Waals surface area contributed by atoms with Gasteiger partial charge in [-0.05, 0) is 36.5 Å². The lowest BCUT2D eigenvalue weighted by Gasteiger charge is -1.93. The number of aliphatic hydroxyl groups is 1. The molecule has 2 rings (SSSR count). The standard InChI is InChI=1S/C9H7ClN2O2S/c10-7-3-1-6(2-4-7)8-11-12(5-13)9(15)14-8/h1-4,13H,5H2. The van der Waals surface area contributed by atoms with Crippen molar-refractivity contribution >= 4 is 23.8 Å². The summed E-state index contributed by atoms with van der Waals surface area (Å²) in [7, 11) is 0. The predicted molar refractivity (Wildman–Crippen MR) is 58.0 cm³/mol. The van der Waals surface area contributed by atoms with Gasteiger partial charge in [-0.15, -0.1) is 5.10 Å². The SMILES string of the molecule is OCn1nc(-c2ccc(Cl)cc2)oc1=S. The van der Waals surface area contributed by atoms with Gasteiger partial charge in [0.15, 0.2) is 0 Å². The van der Waals surface area contributed by atoms with Gasteiger partial charge < -0.3 is 9.52 Å². The summed E-state index contributed by atoms with van der Waals surface area (Å²) in [6.45, 7) is -0.296. The molecule has 0 bridgehead atoms. The molecule has 15 heavy (non-hydrogen) atoms. The topological polar surface area (TPSA) is 51.2 Å². The molecule has 2 aromatic rings. The van der Waals surface area contributed by atoms with E-state index in [0.717, 1.165) is 5.56 Å². The predicted octanol–water partition coefficient (Wildman–Crippen LogP) is 2.48. The van der Waals surface area contributed by atoms with Gasteiger partial charge >= 0.3 is 0 Å². The van der Waals surface area contributed by atoms with Gasteiger partial charge in [0.1, 0.15) is 6.73 Å². The fourth-order valence-electron chi connectivity index (χ4n) is 1.10. The quantitative estimate of drug-likeness (QED) is 0.822. The number of hydrogen-bond donors (Lipinski definition) is 1. The molecule has 0 unspecified atom stereocenters. The van der Waals surface area contributed by atoms with Crippen LogP contribution >= 0.6 is 23.8 Å². The first-order valence-corrected chi connectivity index (χ1v) is 4.94. The lowest BCUT2D eigenvalue weighted by Crippen LogP contribution is -1.98. The Morgan fingerprint density at radius 3 is 2.60 bits per heavy atom. The second kappa shape index (κ2) is 4.14. The number of benzene rings is 1. The van der Waals surface area contributed by atoms with Crippen molar-refractivity contribution in [1.29, 1.82) is 0 Å². The molecule has 0 amide bonds. The monoisotopic (exact) mass is 242 g/mol. The van der Waals surface area contributed by atoms with Crippen molar-refractivity contribution in [2.45, 2.75) is 6.73 Å². The van der Waals surface area contributed by atoms with Crippen LogP contribution in [0.25, 0.3) is 11.5 Å². The highest BCUT2D eigenvalue weighted by Gasteiger charge is 2.06. The van der Waals surface area contributed by atoms with Gasteiger partial charge in [-0.1, -0.05) is 11.6 Å². The molecule has 0 aliphatic carbocycles. The van der Waals surface area contributed by atoms with Crippen LogP contribution in [0, 0.1) is 4.84 Å². The molecular weight excluding hydrogens is 236 g/mol. The third kappa shape index (κ3) is 2.09. The summed E-state index contributed by atoms with van der Waals surface area (Å²) in [6.07, 6.45) is 0. The van der Waals surface area contributed by atoms with Crippen LogP contribution in [0.3, 0.4) is 0 Å². The molecule has 4 nitrogen and oxygen atoms in total. The van der Waals surface area contributed by atoms with E-state index in [-0.39, 0.29) is 11.6 Å². The lowest BCUT2D eigenvalue weighted by atomic mass is 10.2. The largest absolute Gasteiger partial charge is 0.409 e. The molecule has 0 aliphatic rings. The average molecular weight is 243 g/mol. The first-order chi connectivity index (χ1) is 7.20. The van der Waals surface area contributed by atoms with Gasteiger partial charge in [0, 0.05) is 10.6 Å². The summed E-state index contributed by atoms with van der Waals surface area (Å²) < 4.78 is 6.39. The van der Waals surface area contributed by atoms with E-state index in [0.29, 0.717) is 10.9 Å². The zero-order valence-electron chi connectivity index (χ0n) is 7.55. The maximum Gasteiger partial charge on any atom is 0.289 e. The Morgan fingerprint density at radius 1 is 1.40 bits per heavy atom. The van der Waals surface area contributed by atoms with Crippen LogP contribution in [-0.2, 0) is 6.73 Å². The van der Waals surface area contributed by atoms with E-state index < -0.39 is 0 Å². The minimum Gasteiger partial charge on any atom is -0.409 e. The van der Waals surface area contributed by atoms with Gasteiger partial charge in [-0.3, -0.25) is 0 Å². The molecule has 1 heterocycles. The van der Waals surface area contributed by atoms with Crippen molar-refractivity contribution in [2.75, 3.05) is 0 Å². The maximum atomic E-state index is 8.88. The molecule has 78 valence electrons. The number of halogens is 1. The maximum absolute atomic E-state index is 8.88. The van der Waals surface area contributed by atoms with E-state index >= 15 is 0 Å². The Labute approximate surface area is 95.7 Å². The number of rotatable bonds is 2. The highest BCUT2D eigenvalue weighted by molar-refractivity contribution is 7.71. The van der Waals surface area contributed by atoms with Crippen LogP contribution in [0.4, 0.5) is 0 Å². The second-order valence-electron chi connectivity index (χ2n) is 2.82. The van der Waals surface area contributed by atoms with Crippen molar-refractivity contribution in [1.82, 2.24) is 9.78 Å². The van der Waals surface area contributed by atoms with E-state index in [1.165, 1.54) is 4.68 Å². The molecule has 0 spiro atoms. The minimum atomic E-state index is -0.296. The van der Waals surface area contributed by atoms with E-state index in [1.807, 2.05) is 0 Å². The zero-order chi connectivity index (χ0) is 10.8. The van der Waals surface area contributed by atoms with Crippen LogP contribution < -0.4 is 0 Å². The molecule has 1 aromatic carbocycles. The first-order valence-electron chi connectivity index (χ1n) is 4.15. The third-order valence-corrected chi connectivity index (χ3v) is 2.38. The molecule has 0 atom stereocenters. The summed E-state index contributed by atoms with van der Waals surface area (Å²) in [5.74, 6) is 0.366. The normalized spacial score (nSPS) is 10.5. The summed E-state index contributed by atoms with van der Waals surface area (Å²) >= 11 is 10.6. The fraction of sp³-hybridized carbons (Fsp3) is 0.111. The molecule has 0 aliphatic heterocycles. The summed E-state index contributed by atoms with van der Waals surface area (Å²) in [6, 6.07) is 7.00. The van der Waals surface area contributed by atoms with Gasteiger partial charge in [-0.2, -0.15) is 4.68 Å². The Hall–Kier alpha value is -1.17. The molecule has 0 saturated carbocycles. The Kier molecular flexibility index (Phi) is 2.86. The number of nitrogens with zero attached hydrogens (tertiary/aromatic N) is 2. The zero-order valence-corrected chi connectivity index (χ0v) is 9.13. The summed E-state index contributed by atoms with van der Waals surface area (Å²) in [4.78, 5) is 0.141. The van der Waals surface area contributed by atoms with Crippen molar-refractivity contribution < 1.29 is 9.52 Å². The van der Waals surface area contributed by atoms with Gasteiger partial charge in [0.2, 0.25) is 5.89 Å². The van der Waals surface area contributed by atoms with E-state index in [4.69, 9.17) is 33.3 Å². The Morgan fingerprint density at radius 2 is 2.07 bits per heavy atom. The lowest BCUT2D eigenvalue weighted by molar-refractivity contribution is 0.190. The average Bonchev–Trinajstić information content (AvgIpc) is 2.61. The Balaban J connectivity index is 2.45.